The number of rotatable bonds is 8. The molecule has 1 aliphatic rings. The van der Waals surface area contributed by atoms with E-state index in [0.29, 0.717) is 31.2 Å². The first kappa shape index (κ1) is 19.3. The van der Waals surface area contributed by atoms with Gasteiger partial charge in [0, 0.05) is 31.2 Å². The molecule has 1 atom stereocenters. The summed E-state index contributed by atoms with van der Waals surface area (Å²) < 4.78 is 15.9. The largest absolute Gasteiger partial charge is 0.493 e. The summed E-state index contributed by atoms with van der Waals surface area (Å²) in [7, 11) is 1.44. The molecule has 1 heterocycles. The predicted molar refractivity (Wildman–Crippen MR) is 93.2 cm³/mol. The van der Waals surface area contributed by atoms with Crippen molar-refractivity contribution >= 4 is 23.4 Å². The molecule has 138 valence electrons. The molecule has 0 radical (unpaired) electrons. The van der Waals surface area contributed by atoms with Crippen LogP contribution in [-0.2, 0) is 9.53 Å². The van der Waals surface area contributed by atoms with Crippen LogP contribution >= 0.6 is 11.6 Å². The lowest BCUT2D eigenvalue weighted by Crippen LogP contribution is -2.35. The second-order valence-electron chi connectivity index (χ2n) is 5.82. The van der Waals surface area contributed by atoms with Gasteiger partial charge in [-0.1, -0.05) is 11.6 Å². The Morgan fingerprint density at radius 3 is 2.76 bits per heavy atom. The number of halogens is 1. The van der Waals surface area contributed by atoms with Crippen molar-refractivity contribution < 1.29 is 23.8 Å². The lowest BCUT2D eigenvalue weighted by atomic mass is 10.1. The van der Waals surface area contributed by atoms with E-state index in [1.165, 1.54) is 13.2 Å². The second kappa shape index (κ2) is 8.92. The van der Waals surface area contributed by atoms with Crippen LogP contribution < -0.4 is 15.2 Å². The maximum absolute atomic E-state index is 12.8. The molecule has 2 rings (SSSR count). The van der Waals surface area contributed by atoms with Gasteiger partial charge in [0.05, 0.1) is 18.7 Å². The Balaban J connectivity index is 2.20. The molecule has 2 amide bonds. The van der Waals surface area contributed by atoms with Gasteiger partial charge in [0.2, 0.25) is 0 Å². The summed E-state index contributed by atoms with van der Waals surface area (Å²) >= 11 is 6.21. The molecule has 1 aromatic rings. The molecule has 0 aromatic heterocycles. The van der Waals surface area contributed by atoms with E-state index in [1.807, 2.05) is 6.92 Å². The Morgan fingerprint density at radius 2 is 2.20 bits per heavy atom. The van der Waals surface area contributed by atoms with Crippen LogP contribution in [0, 0.1) is 5.92 Å². The number of nitrogens with zero attached hydrogens (tertiary/aromatic N) is 1. The van der Waals surface area contributed by atoms with Crippen molar-refractivity contribution in [2.24, 2.45) is 11.7 Å². The van der Waals surface area contributed by atoms with E-state index in [9.17, 15) is 9.59 Å². The molecular weight excluding hydrogens is 348 g/mol. The average molecular weight is 371 g/mol. The summed E-state index contributed by atoms with van der Waals surface area (Å²) in [5, 5.41) is 0.184. The van der Waals surface area contributed by atoms with Crippen LogP contribution in [0.15, 0.2) is 12.1 Å². The van der Waals surface area contributed by atoms with E-state index in [4.69, 9.17) is 31.5 Å². The number of hydrogen-bond acceptors (Lipinski definition) is 5. The summed E-state index contributed by atoms with van der Waals surface area (Å²) in [5.41, 5.74) is 5.47. The van der Waals surface area contributed by atoms with Gasteiger partial charge in [-0.15, -0.1) is 0 Å². The highest BCUT2D eigenvalue weighted by Gasteiger charge is 2.24. The summed E-state index contributed by atoms with van der Waals surface area (Å²) in [6.07, 6.45) is 0.952. The smallest absolute Gasteiger partial charge is 0.255 e. The summed E-state index contributed by atoms with van der Waals surface area (Å²) in [6.45, 7) is 4.23. The number of primary amides is 1. The third-order valence-electron chi connectivity index (χ3n) is 4.01. The van der Waals surface area contributed by atoms with Crippen molar-refractivity contribution in [3.63, 3.8) is 0 Å². The standard InChI is InChI=1S/C17H23ClN2O5/c1-3-20(8-11-4-5-24-9-11)17(22)12-6-13(18)16(14(7-12)23-2)25-10-15(19)21/h6-7,11H,3-5,8-10H2,1-2H3,(H2,19,21). The van der Waals surface area contributed by atoms with Crippen LogP contribution in [0.1, 0.15) is 23.7 Å². The monoisotopic (exact) mass is 370 g/mol. The first-order chi connectivity index (χ1) is 12.0. The Kier molecular flexibility index (Phi) is 6.90. The van der Waals surface area contributed by atoms with Crippen molar-refractivity contribution in [2.45, 2.75) is 13.3 Å². The normalized spacial score (nSPS) is 16.5. The number of methoxy groups -OCH3 is 1. The lowest BCUT2D eigenvalue weighted by Gasteiger charge is -2.24. The van der Waals surface area contributed by atoms with E-state index in [1.54, 1.807) is 11.0 Å². The maximum Gasteiger partial charge on any atom is 0.255 e. The van der Waals surface area contributed by atoms with Gasteiger partial charge in [-0.25, -0.2) is 0 Å². The Morgan fingerprint density at radius 1 is 1.44 bits per heavy atom. The molecule has 1 saturated heterocycles. The third-order valence-corrected chi connectivity index (χ3v) is 4.29. The number of carbonyl (C=O) groups excluding carboxylic acids is 2. The van der Waals surface area contributed by atoms with Crippen LogP contribution in [0.5, 0.6) is 11.5 Å². The Bertz CT molecular complexity index is 632. The summed E-state index contributed by atoms with van der Waals surface area (Å²) in [5.74, 6) is 0.0359. The third kappa shape index (κ3) is 4.99. The Labute approximate surface area is 152 Å². The number of ether oxygens (including phenoxy) is 3. The summed E-state index contributed by atoms with van der Waals surface area (Å²) in [6, 6.07) is 3.06. The van der Waals surface area contributed by atoms with Gasteiger partial charge in [0.1, 0.15) is 0 Å². The minimum absolute atomic E-state index is 0.143. The zero-order chi connectivity index (χ0) is 18.4. The predicted octanol–water partition coefficient (Wildman–Crippen LogP) is 1.71. The molecule has 0 spiro atoms. The van der Waals surface area contributed by atoms with Gasteiger partial charge >= 0.3 is 0 Å². The molecule has 8 heteroatoms. The summed E-state index contributed by atoms with van der Waals surface area (Å²) in [4.78, 5) is 25.5. The molecule has 1 aliphatic heterocycles. The number of nitrogens with two attached hydrogens (primary N) is 1. The molecule has 2 N–H and O–H groups in total. The number of hydrogen-bond donors (Lipinski definition) is 1. The molecule has 0 aliphatic carbocycles. The average Bonchev–Trinajstić information content (AvgIpc) is 3.10. The quantitative estimate of drug-likeness (QED) is 0.752. The van der Waals surface area contributed by atoms with E-state index < -0.39 is 5.91 Å². The molecule has 0 bridgehead atoms. The van der Waals surface area contributed by atoms with Crippen molar-refractivity contribution in [3.05, 3.63) is 22.7 Å². The van der Waals surface area contributed by atoms with E-state index in [0.717, 1.165) is 13.0 Å². The highest BCUT2D eigenvalue weighted by Crippen LogP contribution is 2.36. The van der Waals surface area contributed by atoms with Crippen LogP contribution in [-0.4, -0.2) is 56.7 Å². The van der Waals surface area contributed by atoms with Crippen molar-refractivity contribution in [2.75, 3.05) is 40.0 Å². The zero-order valence-electron chi connectivity index (χ0n) is 14.4. The van der Waals surface area contributed by atoms with E-state index >= 15 is 0 Å². The minimum atomic E-state index is -0.630. The van der Waals surface area contributed by atoms with Gasteiger partial charge in [-0.05, 0) is 25.5 Å². The van der Waals surface area contributed by atoms with Gasteiger partial charge in [0.15, 0.2) is 18.1 Å². The molecule has 0 saturated carbocycles. The fourth-order valence-corrected chi connectivity index (χ4v) is 2.97. The van der Waals surface area contributed by atoms with Gasteiger partial charge in [0.25, 0.3) is 11.8 Å². The van der Waals surface area contributed by atoms with Crippen molar-refractivity contribution in [1.29, 1.82) is 0 Å². The van der Waals surface area contributed by atoms with Crippen molar-refractivity contribution in [3.8, 4) is 11.5 Å². The van der Waals surface area contributed by atoms with Crippen LogP contribution in [0.3, 0.4) is 0 Å². The van der Waals surface area contributed by atoms with Crippen LogP contribution in [0.4, 0.5) is 0 Å². The lowest BCUT2D eigenvalue weighted by molar-refractivity contribution is -0.119. The Hall–Kier alpha value is -1.99. The van der Waals surface area contributed by atoms with Gasteiger partial charge in [-0.2, -0.15) is 0 Å². The zero-order valence-corrected chi connectivity index (χ0v) is 15.2. The molecule has 1 unspecified atom stereocenters. The number of benzene rings is 1. The minimum Gasteiger partial charge on any atom is -0.493 e. The fraction of sp³-hybridized carbons (Fsp3) is 0.529. The molecule has 1 fully saturated rings. The second-order valence-corrected chi connectivity index (χ2v) is 6.23. The van der Waals surface area contributed by atoms with Crippen molar-refractivity contribution in [1.82, 2.24) is 4.90 Å². The van der Waals surface area contributed by atoms with Gasteiger partial charge in [-0.3, -0.25) is 9.59 Å². The molecule has 25 heavy (non-hydrogen) atoms. The van der Waals surface area contributed by atoms with E-state index in [-0.39, 0.29) is 29.0 Å². The first-order valence-electron chi connectivity index (χ1n) is 8.11. The van der Waals surface area contributed by atoms with Crippen LogP contribution in [0.2, 0.25) is 5.02 Å². The number of carbonyl (C=O) groups is 2. The highest BCUT2D eigenvalue weighted by atomic mass is 35.5. The van der Waals surface area contributed by atoms with Crippen LogP contribution in [0.25, 0.3) is 0 Å². The number of amides is 2. The topological polar surface area (TPSA) is 91.1 Å². The molecule has 7 nitrogen and oxygen atoms in total. The molecular formula is C17H23ClN2O5. The SMILES string of the molecule is CCN(CC1CCOC1)C(=O)c1cc(Cl)c(OCC(N)=O)c(OC)c1. The maximum atomic E-state index is 12.8. The molecule has 1 aromatic carbocycles. The van der Waals surface area contributed by atoms with Gasteiger partial charge < -0.3 is 24.8 Å². The first-order valence-corrected chi connectivity index (χ1v) is 8.49. The van der Waals surface area contributed by atoms with E-state index in [2.05, 4.69) is 0 Å². The fourth-order valence-electron chi connectivity index (χ4n) is 2.70. The highest BCUT2D eigenvalue weighted by molar-refractivity contribution is 6.32.